The lowest BCUT2D eigenvalue weighted by atomic mass is 9.90. The summed E-state index contributed by atoms with van der Waals surface area (Å²) in [6.07, 6.45) is 2.33. The Hall–Kier alpha value is -3.02. The van der Waals surface area contributed by atoms with Gasteiger partial charge in [-0.2, -0.15) is 0 Å². The molecule has 1 unspecified atom stereocenters. The van der Waals surface area contributed by atoms with Gasteiger partial charge in [-0.15, -0.1) is 0 Å². The highest BCUT2D eigenvalue weighted by Gasteiger charge is 2.25. The lowest BCUT2D eigenvalue weighted by Crippen LogP contribution is -2.39. The maximum absolute atomic E-state index is 12.8. The fraction of sp³-hybridized carbons (Fsp3) is 0.417. The average Bonchev–Trinajstić information content (AvgIpc) is 2.78. The molecule has 6 heteroatoms. The molecule has 0 spiro atoms. The zero-order valence-corrected chi connectivity index (χ0v) is 17.8. The van der Waals surface area contributed by atoms with Gasteiger partial charge in [-0.25, -0.2) is 4.79 Å². The van der Waals surface area contributed by atoms with Crippen molar-refractivity contribution in [2.45, 2.75) is 39.0 Å². The molecule has 0 radical (unpaired) electrons. The molecule has 1 amide bonds. The lowest BCUT2D eigenvalue weighted by Gasteiger charge is -2.33. The molecule has 0 N–H and O–H groups in total. The van der Waals surface area contributed by atoms with Gasteiger partial charge in [0.1, 0.15) is 5.75 Å². The van der Waals surface area contributed by atoms with Crippen molar-refractivity contribution in [1.29, 1.82) is 0 Å². The minimum Gasteiger partial charge on any atom is -0.497 e. The van der Waals surface area contributed by atoms with E-state index in [1.54, 1.807) is 27.0 Å². The summed E-state index contributed by atoms with van der Waals surface area (Å²) in [5, 5.41) is 0. The maximum Gasteiger partial charge on any atom is 0.357 e. The van der Waals surface area contributed by atoms with Crippen LogP contribution >= 0.6 is 0 Å². The van der Waals surface area contributed by atoms with Crippen LogP contribution in [0.3, 0.4) is 0 Å². The number of nitrogens with zero attached hydrogens (tertiary/aromatic N) is 1. The Morgan fingerprint density at radius 3 is 2.57 bits per heavy atom. The third kappa shape index (κ3) is 5.75. The summed E-state index contributed by atoms with van der Waals surface area (Å²) in [6.45, 7) is 4.95. The third-order valence-electron chi connectivity index (χ3n) is 5.31. The van der Waals surface area contributed by atoms with E-state index in [0.717, 1.165) is 36.3 Å². The number of carbonyl (C=O) groups is 2. The highest BCUT2D eigenvalue weighted by Crippen LogP contribution is 2.29. The first-order valence-corrected chi connectivity index (χ1v) is 10.3. The van der Waals surface area contributed by atoms with E-state index in [2.05, 4.69) is 0 Å². The number of hydrogen-bond donors (Lipinski definition) is 0. The molecular formula is C24H29NO5. The summed E-state index contributed by atoms with van der Waals surface area (Å²) in [7, 11) is 1.63. The Balaban J connectivity index is 1.60. The first-order chi connectivity index (χ1) is 14.5. The van der Waals surface area contributed by atoms with Crippen LogP contribution in [0.5, 0.6) is 11.5 Å². The van der Waals surface area contributed by atoms with Crippen LogP contribution in [0.15, 0.2) is 48.5 Å². The topological polar surface area (TPSA) is 65.1 Å². The minimum atomic E-state index is -0.409. The number of carbonyl (C=O) groups excluding carboxylic acids is 2. The van der Waals surface area contributed by atoms with Crippen molar-refractivity contribution in [3.8, 4) is 11.5 Å². The van der Waals surface area contributed by atoms with Gasteiger partial charge >= 0.3 is 5.97 Å². The number of amides is 1. The van der Waals surface area contributed by atoms with Crippen LogP contribution in [0, 0.1) is 5.92 Å². The highest BCUT2D eigenvalue weighted by molar-refractivity contribution is 5.79. The van der Waals surface area contributed by atoms with Gasteiger partial charge in [-0.3, -0.25) is 14.6 Å². The maximum atomic E-state index is 12.8. The third-order valence-corrected chi connectivity index (χ3v) is 5.31. The molecule has 0 aromatic heterocycles. The monoisotopic (exact) mass is 411 g/mol. The second kappa shape index (κ2) is 10.1. The van der Waals surface area contributed by atoms with Crippen molar-refractivity contribution in [2.24, 2.45) is 5.92 Å². The summed E-state index contributed by atoms with van der Waals surface area (Å²) in [4.78, 5) is 36.4. The Bertz CT molecular complexity index is 862. The van der Waals surface area contributed by atoms with E-state index < -0.39 is 5.97 Å². The van der Waals surface area contributed by atoms with Crippen molar-refractivity contribution >= 4 is 11.9 Å². The van der Waals surface area contributed by atoms with E-state index in [-0.39, 0.29) is 17.7 Å². The molecule has 1 heterocycles. The fourth-order valence-electron chi connectivity index (χ4n) is 3.51. The largest absolute Gasteiger partial charge is 0.497 e. The Kier molecular flexibility index (Phi) is 7.33. The fourth-order valence-corrected chi connectivity index (χ4v) is 3.51. The van der Waals surface area contributed by atoms with Gasteiger partial charge in [0.25, 0.3) is 0 Å². The van der Waals surface area contributed by atoms with E-state index in [0.29, 0.717) is 18.7 Å². The van der Waals surface area contributed by atoms with E-state index in [1.165, 1.54) is 0 Å². The quantitative estimate of drug-likeness (QED) is 0.506. The van der Waals surface area contributed by atoms with Crippen molar-refractivity contribution in [2.75, 3.05) is 20.2 Å². The Morgan fingerprint density at radius 1 is 1.10 bits per heavy atom. The molecule has 30 heavy (non-hydrogen) atoms. The number of rotatable bonds is 7. The predicted octanol–water partition coefficient (Wildman–Crippen LogP) is 4.14. The van der Waals surface area contributed by atoms with Crippen LogP contribution in [0.25, 0.3) is 0 Å². The van der Waals surface area contributed by atoms with Crippen LogP contribution in [-0.2, 0) is 20.9 Å². The van der Waals surface area contributed by atoms with Gasteiger partial charge in [-0.1, -0.05) is 38.1 Å². The van der Waals surface area contributed by atoms with Crippen LogP contribution in [-0.4, -0.2) is 37.0 Å². The molecule has 1 saturated heterocycles. The summed E-state index contributed by atoms with van der Waals surface area (Å²) in [6, 6.07) is 15.2. The molecule has 6 nitrogen and oxygen atoms in total. The van der Waals surface area contributed by atoms with Crippen molar-refractivity contribution < 1.29 is 24.1 Å². The van der Waals surface area contributed by atoms with Gasteiger partial charge in [0, 0.05) is 19.0 Å². The molecule has 0 saturated carbocycles. The van der Waals surface area contributed by atoms with E-state index >= 15 is 0 Å². The number of methoxy groups -OCH3 is 1. The van der Waals surface area contributed by atoms with Crippen molar-refractivity contribution in [3.63, 3.8) is 0 Å². The molecule has 160 valence electrons. The summed E-state index contributed by atoms with van der Waals surface area (Å²) >= 11 is 0. The van der Waals surface area contributed by atoms with Gasteiger partial charge in [-0.05, 0) is 48.2 Å². The zero-order chi connectivity index (χ0) is 21.5. The number of ether oxygens (including phenoxy) is 1. The zero-order valence-electron chi connectivity index (χ0n) is 17.8. The second-order valence-electron chi connectivity index (χ2n) is 7.92. The van der Waals surface area contributed by atoms with Gasteiger partial charge in [0.2, 0.25) is 5.91 Å². The standard InChI is InChI=1S/C24H29NO5/c1-17(2)24(27)30-29-22-8-4-6-19(15-22)20-7-5-13-25(16-20)23(26)14-18-9-11-21(28-3)12-10-18/h4,6,8-12,15,17,20H,5,7,13-14,16H2,1-3H3. The van der Waals surface area contributed by atoms with Gasteiger partial charge in [0.05, 0.1) is 19.4 Å². The Morgan fingerprint density at radius 2 is 1.87 bits per heavy atom. The number of benzene rings is 2. The molecule has 0 aliphatic carbocycles. The van der Waals surface area contributed by atoms with Crippen LogP contribution in [0.1, 0.15) is 43.7 Å². The van der Waals surface area contributed by atoms with E-state index in [9.17, 15) is 9.59 Å². The van der Waals surface area contributed by atoms with E-state index in [1.807, 2.05) is 47.4 Å². The second-order valence-corrected chi connectivity index (χ2v) is 7.92. The lowest BCUT2D eigenvalue weighted by molar-refractivity contribution is -0.217. The van der Waals surface area contributed by atoms with Crippen LogP contribution in [0.2, 0.25) is 0 Å². The molecule has 2 aromatic rings. The number of piperidine rings is 1. The molecule has 1 aliphatic heterocycles. The normalized spacial score (nSPS) is 16.3. The van der Waals surface area contributed by atoms with Crippen molar-refractivity contribution in [3.05, 3.63) is 59.7 Å². The first-order valence-electron chi connectivity index (χ1n) is 10.3. The molecule has 1 atom stereocenters. The van der Waals surface area contributed by atoms with Gasteiger partial charge < -0.3 is 9.64 Å². The van der Waals surface area contributed by atoms with Crippen molar-refractivity contribution in [1.82, 2.24) is 4.90 Å². The number of likely N-dealkylation sites (tertiary alicyclic amines) is 1. The summed E-state index contributed by atoms with van der Waals surface area (Å²) < 4.78 is 5.17. The molecular weight excluding hydrogens is 382 g/mol. The highest BCUT2D eigenvalue weighted by atomic mass is 17.2. The average molecular weight is 411 g/mol. The summed E-state index contributed by atoms with van der Waals surface area (Å²) in [5.41, 5.74) is 2.06. The minimum absolute atomic E-state index is 0.128. The molecule has 0 bridgehead atoms. The van der Waals surface area contributed by atoms with Crippen LogP contribution in [0.4, 0.5) is 0 Å². The smallest absolute Gasteiger partial charge is 0.357 e. The molecule has 1 aliphatic rings. The molecule has 1 fully saturated rings. The predicted molar refractivity (Wildman–Crippen MR) is 113 cm³/mol. The van der Waals surface area contributed by atoms with Crippen LogP contribution < -0.4 is 9.62 Å². The summed E-state index contributed by atoms with van der Waals surface area (Å²) in [5.74, 6) is 0.963. The SMILES string of the molecule is COc1ccc(CC(=O)N2CCCC(c3cccc(OOC(=O)C(C)C)c3)C2)cc1. The van der Waals surface area contributed by atoms with Gasteiger partial charge in [0.15, 0.2) is 5.75 Å². The number of hydrogen-bond acceptors (Lipinski definition) is 5. The first kappa shape index (κ1) is 21.7. The molecule has 3 rings (SSSR count). The molecule has 2 aromatic carbocycles. The Labute approximate surface area is 177 Å². The van der Waals surface area contributed by atoms with E-state index in [4.69, 9.17) is 14.5 Å².